The highest BCUT2D eigenvalue weighted by Gasteiger charge is 2.07. The van der Waals surface area contributed by atoms with Crippen LogP contribution in [0.2, 0.25) is 0 Å². The van der Waals surface area contributed by atoms with Crippen LogP contribution in [0.25, 0.3) is 0 Å². The van der Waals surface area contributed by atoms with Gasteiger partial charge in [-0.1, -0.05) is 36.8 Å². The molecule has 3 aromatic rings. The molecular weight excluding hydrogens is 404 g/mol. The van der Waals surface area contributed by atoms with E-state index < -0.39 is 0 Å². The number of rotatable bonds is 10. The number of hydrogen-bond donors (Lipinski definition) is 1. The van der Waals surface area contributed by atoms with Gasteiger partial charge < -0.3 is 14.2 Å². The molecule has 0 bridgehead atoms. The molecule has 0 saturated carbocycles. The lowest BCUT2D eigenvalue weighted by molar-refractivity contribution is 0.0955. The standard InChI is InChI=1S/C26H28N2O4/c1-4-15-31-23-12-10-22(11-13-23)26(29)28-27-17-21-9-14-24(25(16-21)30-3)32-18-20-7-5-19(2)6-8-20/h5-14,16-17H,4,15,18H2,1-3H3,(H,28,29)/b27-17+. The molecule has 0 aliphatic carbocycles. The fourth-order valence-corrected chi connectivity index (χ4v) is 2.88. The summed E-state index contributed by atoms with van der Waals surface area (Å²) in [5, 5.41) is 4.04. The van der Waals surface area contributed by atoms with Gasteiger partial charge in [-0.25, -0.2) is 5.43 Å². The van der Waals surface area contributed by atoms with Gasteiger partial charge in [0.15, 0.2) is 11.5 Å². The van der Waals surface area contributed by atoms with Gasteiger partial charge in [0.1, 0.15) is 12.4 Å². The zero-order valence-electron chi connectivity index (χ0n) is 18.6. The Hall–Kier alpha value is -3.80. The molecule has 0 aliphatic rings. The third-order valence-electron chi connectivity index (χ3n) is 4.67. The van der Waals surface area contributed by atoms with E-state index in [2.05, 4.69) is 29.6 Å². The van der Waals surface area contributed by atoms with E-state index in [4.69, 9.17) is 14.2 Å². The van der Waals surface area contributed by atoms with Crippen LogP contribution in [0.1, 0.15) is 40.4 Å². The van der Waals surface area contributed by atoms with Crippen molar-refractivity contribution in [1.82, 2.24) is 5.43 Å². The van der Waals surface area contributed by atoms with E-state index in [-0.39, 0.29) is 5.91 Å². The Morgan fingerprint density at radius 2 is 1.72 bits per heavy atom. The van der Waals surface area contributed by atoms with Crippen LogP contribution >= 0.6 is 0 Å². The molecule has 3 aromatic carbocycles. The van der Waals surface area contributed by atoms with Crippen LogP contribution in [0.4, 0.5) is 0 Å². The molecule has 1 amide bonds. The first kappa shape index (κ1) is 22.9. The normalized spacial score (nSPS) is 10.7. The Bertz CT molecular complexity index is 1040. The molecule has 1 N–H and O–H groups in total. The molecule has 166 valence electrons. The first-order valence-corrected chi connectivity index (χ1v) is 10.5. The molecule has 0 spiro atoms. The minimum atomic E-state index is -0.298. The van der Waals surface area contributed by atoms with Crippen LogP contribution < -0.4 is 19.6 Å². The summed E-state index contributed by atoms with van der Waals surface area (Å²) in [5.74, 6) is 1.67. The first-order chi connectivity index (χ1) is 15.6. The molecule has 6 nitrogen and oxygen atoms in total. The molecule has 0 atom stereocenters. The Morgan fingerprint density at radius 3 is 2.41 bits per heavy atom. The van der Waals surface area contributed by atoms with Gasteiger partial charge in [0, 0.05) is 5.56 Å². The molecule has 0 aromatic heterocycles. The van der Waals surface area contributed by atoms with E-state index >= 15 is 0 Å². The number of carbonyl (C=O) groups excluding carboxylic acids is 1. The van der Waals surface area contributed by atoms with E-state index in [0.717, 1.165) is 23.3 Å². The number of hydrazone groups is 1. The zero-order valence-corrected chi connectivity index (χ0v) is 18.6. The number of nitrogens with zero attached hydrogens (tertiary/aromatic N) is 1. The maximum Gasteiger partial charge on any atom is 0.271 e. The van der Waals surface area contributed by atoms with Gasteiger partial charge in [-0.05, 0) is 66.9 Å². The monoisotopic (exact) mass is 432 g/mol. The lowest BCUT2D eigenvalue weighted by Gasteiger charge is -2.11. The Kier molecular flexibility index (Phi) is 8.26. The predicted octanol–water partition coefficient (Wildman–Crippen LogP) is 5.14. The topological polar surface area (TPSA) is 69.2 Å². The van der Waals surface area contributed by atoms with Crippen molar-refractivity contribution in [2.24, 2.45) is 5.10 Å². The van der Waals surface area contributed by atoms with Crippen LogP contribution in [0.15, 0.2) is 71.8 Å². The number of methoxy groups -OCH3 is 1. The highest BCUT2D eigenvalue weighted by molar-refractivity contribution is 5.95. The average Bonchev–Trinajstić information content (AvgIpc) is 2.83. The van der Waals surface area contributed by atoms with Crippen molar-refractivity contribution in [1.29, 1.82) is 0 Å². The highest BCUT2D eigenvalue weighted by atomic mass is 16.5. The molecule has 0 radical (unpaired) electrons. The fraction of sp³-hybridized carbons (Fsp3) is 0.231. The molecule has 0 heterocycles. The number of amides is 1. The van der Waals surface area contributed by atoms with Crippen molar-refractivity contribution in [2.75, 3.05) is 13.7 Å². The van der Waals surface area contributed by atoms with Gasteiger partial charge in [-0.3, -0.25) is 4.79 Å². The van der Waals surface area contributed by atoms with Crippen LogP contribution in [0.5, 0.6) is 17.2 Å². The van der Waals surface area contributed by atoms with Crippen molar-refractivity contribution in [3.8, 4) is 17.2 Å². The smallest absolute Gasteiger partial charge is 0.271 e. The van der Waals surface area contributed by atoms with Gasteiger partial charge in [-0.2, -0.15) is 5.10 Å². The summed E-state index contributed by atoms with van der Waals surface area (Å²) in [4.78, 5) is 12.3. The summed E-state index contributed by atoms with van der Waals surface area (Å²) in [6, 6.07) is 20.6. The lowest BCUT2D eigenvalue weighted by Crippen LogP contribution is -2.17. The van der Waals surface area contributed by atoms with Crippen LogP contribution in [0.3, 0.4) is 0 Å². The van der Waals surface area contributed by atoms with E-state index in [1.54, 1.807) is 43.7 Å². The summed E-state index contributed by atoms with van der Waals surface area (Å²) in [6.45, 7) is 5.19. The maximum atomic E-state index is 12.3. The molecule has 0 unspecified atom stereocenters. The Labute approximate surface area is 188 Å². The summed E-state index contributed by atoms with van der Waals surface area (Å²) < 4.78 is 16.9. The molecule has 6 heteroatoms. The van der Waals surface area contributed by atoms with Gasteiger partial charge in [0.05, 0.1) is 19.9 Å². The van der Waals surface area contributed by atoms with Crippen molar-refractivity contribution in [3.05, 3.63) is 89.0 Å². The van der Waals surface area contributed by atoms with Gasteiger partial charge in [0.2, 0.25) is 0 Å². The minimum absolute atomic E-state index is 0.298. The lowest BCUT2D eigenvalue weighted by atomic mass is 10.2. The molecule has 0 saturated heterocycles. The van der Waals surface area contributed by atoms with Gasteiger partial charge >= 0.3 is 0 Å². The molecule has 0 fully saturated rings. The molecule has 32 heavy (non-hydrogen) atoms. The van der Waals surface area contributed by atoms with E-state index in [1.807, 2.05) is 31.2 Å². The van der Waals surface area contributed by atoms with Gasteiger partial charge in [-0.15, -0.1) is 0 Å². The second-order valence-corrected chi connectivity index (χ2v) is 7.26. The number of nitrogens with one attached hydrogen (secondary N) is 1. The van der Waals surface area contributed by atoms with Crippen LogP contribution in [-0.2, 0) is 6.61 Å². The Balaban J connectivity index is 1.57. The van der Waals surface area contributed by atoms with Crippen molar-refractivity contribution in [3.63, 3.8) is 0 Å². The Morgan fingerprint density at radius 1 is 0.969 bits per heavy atom. The molecule has 3 rings (SSSR count). The van der Waals surface area contributed by atoms with Crippen molar-refractivity contribution >= 4 is 12.1 Å². The van der Waals surface area contributed by atoms with Crippen LogP contribution in [0, 0.1) is 6.92 Å². The third-order valence-corrected chi connectivity index (χ3v) is 4.67. The molecular formula is C26H28N2O4. The SMILES string of the molecule is CCCOc1ccc(C(=O)N/N=C/c2ccc(OCc3ccc(C)cc3)c(OC)c2)cc1. The van der Waals surface area contributed by atoms with Crippen LogP contribution in [-0.4, -0.2) is 25.8 Å². The molecule has 0 aliphatic heterocycles. The highest BCUT2D eigenvalue weighted by Crippen LogP contribution is 2.28. The second kappa shape index (κ2) is 11.6. The zero-order chi connectivity index (χ0) is 22.8. The maximum absolute atomic E-state index is 12.3. The summed E-state index contributed by atoms with van der Waals surface area (Å²) in [7, 11) is 1.59. The third kappa shape index (κ3) is 6.60. The summed E-state index contributed by atoms with van der Waals surface area (Å²) in [5.41, 5.74) is 6.09. The van der Waals surface area contributed by atoms with Crippen molar-refractivity contribution in [2.45, 2.75) is 26.9 Å². The van der Waals surface area contributed by atoms with Crippen molar-refractivity contribution < 1.29 is 19.0 Å². The minimum Gasteiger partial charge on any atom is -0.494 e. The van der Waals surface area contributed by atoms with E-state index in [0.29, 0.717) is 30.3 Å². The first-order valence-electron chi connectivity index (χ1n) is 10.5. The fourth-order valence-electron chi connectivity index (χ4n) is 2.88. The number of benzene rings is 3. The number of carbonyl (C=O) groups is 1. The number of ether oxygens (including phenoxy) is 3. The van der Waals surface area contributed by atoms with E-state index in [1.165, 1.54) is 5.56 Å². The van der Waals surface area contributed by atoms with E-state index in [9.17, 15) is 4.79 Å². The van der Waals surface area contributed by atoms with Gasteiger partial charge in [0.25, 0.3) is 5.91 Å². The second-order valence-electron chi connectivity index (χ2n) is 7.26. The quantitative estimate of drug-likeness (QED) is 0.356. The number of aryl methyl sites for hydroxylation is 1. The number of hydrogen-bond acceptors (Lipinski definition) is 5. The largest absolute Gasteiger partial charge is 0.494 e. The average molecular weight is 433 g/mol. The predicted molar refractivity (Wildman–Crippen MR) is 126 cm³/mol. The summed E-state index contributed by atoms with van der Waals surface area (Å²) in [6.07, 6.45) is 2.49. The summed E-state index contributed by atoms with van der Waals surface area (Å²) >= 11 is 0.